The molecule has 2 fully saturated rings. The number of hydrogen-bond acceptors (Lipinski definition) is 2. The van der Waals surface area contributed by atoms with Gasteiger partial charge in [0.1, 0.15) is 0 Å². The molecule has 0 aromatic carbocycles. The number of quaternary nitrogens is 2. The van der Waals surface area contributed by atoms with Crippen LogP contribution in [0.15, 0.2) is 0 Å². The fraction of sp³-hybridized carbons (Fsp3) is 1.00. The van der Waals surface area contributed by atoms with Crippen molar-refractivity contribution in [3.63, 3.8) is 0 Å². The summed E-state index contributed by atoms with van der Waals surface area (Å²) in [4.78, 5) is 0. The Bertz CT molecular complexity index is 244. The summed E-state index contributed by atoms with van der Waals surface area (Å²) in [6, 6.07) is 0. The third-order valence-electron chi connectivity index (χ3n) is 5.51. The summed E-state index contributed by atoms with van der Waals surface area (Å²) >= 11 is 0. The molecule has 0 saturated carbocycles. The highest BCUT2D eigenvalue weighted by molar-refractivity contribution is 4.51. The SMILES string of the molecule is CCOC[N+]1(CC)CCCC1.CCOC[N+]1(CC)CCCC1. The van der Waals surface area contributed by atoms with E-state index in [4.69, 9.17) is 9.47 Å². The van der Waals surface area contributed by atoms with E-state index in [1.165, 1.54) is 73.9 Å². The summed E-state index contributed by atoms with van der Waals surface area (Å²) in [7, 11) is 0. The zero-order chi connectivity index (χ0) is 16.3. The molecule has 22 heavy (non-hydrogen) atoms. The second-order valence-corrected chi connectivity index (χ2v) is 6.87. The molecule has 2 heterocycles. The summed E-state index contributed by atoms with van der Waals surface area (Å²) < 4.78 is 13.4. The molecule has 2 aliphatic heterocycles. The van der Waals surface area contributed by atoms with Crippen LogP contribution in [0.2, 0.25) is 0 Å². The molecule has 0 amide bonds. The fourth-order valence-corrected chi connectivity index (χ4v) is 3.66. The van der Waals surface area contributed by atoms with Gasteiger partial charge in [-0.25, -0.2) is 0 Å². The fourth-order valence-electron chi connectivity index (χ4n) is 3.66. The zero-order valence-electron chi connectivity index (χ0n) is 15.6. The van der Waals surface area contributed by atoms with Crippen LogP contribution in [0, 0.1) is 0 Å². The minimum Gasteiger partial charge on any atom is -0.332 e. The van der Waals surface area contributed by atoms with E-state index < -0.39 is 0 Å². The number of rotatable bonds is 8. The summed E-state index contributed by atoms with van der Waals surface area (Å²) in [6.07, 6.45) is 5.56. The third kappa shape index (κ3) is 6.15. The van der Waals surface area contributed by atoms with Crippen molar-refractivity contribution in [1.29, 1.82) is 0 Å². The molecule has 2 aliphatic rings. The first-order valence-corrected chi connectivity index (χ1v) is 9.51. The average molecular weight is 317 g/mol. The standard InChI is InChI=1S/2C9H20NO/c2*1-3-10(9-11-4-2)7-5-6-8-10/h2*3-9H2,1-2H3/q2*+1. The van der Waals surface area contributed by atoms with E-state index >= 15 is 0 Å². The number of ether oxygens (including phenoxy) is 2. The van der Waals surface area contributed by atoms with E-state index in [9.17, 15) is 0 Å². The van der Waals surface area contributed by atoms with Crippen LogP contribution in [0.25, 0.3) is 0 Å². The molecule has 0 radical (unpaired) electrons. The van der Waals surface area contributed by atoms with Gasteiger partial charge in [0.2, 0.25) is 0 Å². The van der Waals surface area contributed by atoms with Crippen LogP contribution in [0.3, 0.4) is 0 Å². The van der Waals surface area contributed by atoms with Gasteiger partial charge in [-0.1, -0.05) is 0 Å². The minimum atomic E-state index is 0.861. The lowest BCUT2D eigenvalue weighted by Crippen LogP contribution is -2.46. The van der Waals surface area contributed by atoms with Crippen LogP contribution in [0.5, 0.6) is 0 Å². The Kier molecular flexibility index (Phi) is 9.57. The predicted molar refractivity (Wildman–Crippen MR) is 92.5 cm³/mol. The molecule has 4 heteroatoms. The predicted octanol–water partition coefficient (Wildman–Crippen LogP) is 3.22. The van der Waals surface area contributed by atoms with Crippen LogP contribution >= 0.6 is 0 Å². The Morgan fingerprint density at radius 3 is 1.14 bits per heavy atom. The van der Waals surface area contributed by atoms with Crippen LogP contribution in [0.1, 0.15) is 53.4 Å². The molecule has 0 bridgehead atoms. The molecule has 2 saturated heterocycles. The van der Waals surface area contributed by atoms with E-state index in [0.29, 0.717) is 0 Å². The van der Waals surface area contributed by atoms with Crippen LogP contribution in [-0.2, 0) is 9.47 Å². The van der Waals surface area contributed by atoms with Crippen LogP contribution in [-0.4, -0.2) is 74.9 Å². The Hall–Kier alpha value is -0.160. The van der Waals surface area contributed by atoms with Crippen molar-refractivity contribution >= 4 is 0 Å². The van der Waals surface area contributed by atoms with Crippen molar-refractivity contribution < 1.29 is 18.4 Å². The van der Waals surface area contributed by atoms with Crippen molar-refractivity contribution in [3.8, 4) is 0 Å². The van der Waals surface area contributed by atoms with Gasteiger partial charge in [0.05, 0.1) is 39.3 Å². The van der Waals surface area contributed by atoms with Crippen LogP contribution < -0.4 is 0 Å². The second-order valence-electron chi connectivity index (χ2n) is 6.87. The maximum Gasteiger partial charge on any atom is 0.183 e. The molecule has 0 spiro atoms. The van der Waals surface area contributed by atoms with Gasteiger partial charge in [-0.3, -0.25) is 0 Å². The van der Waals surface area contributed by atoms with Crippen molar-refractivity contribution in [3.05, 3.63) is 0 Å². The molecular formula is C18H40N2O2+2. The topological polar surface area (TPSA) is 18.5 Å². The highest BCUT2D eigenvalue weighted by Crippen LogP contribution is 2.19. The van der Waals surface area contributed by atoms with Gasteiger partial charge in [0, 0.05) is 38.9 Å². The molecule has 0 atom stereocenters. The van der Waals surface area contributed by atoms with E-state index in [1.807, 2.05) is 0 Å². The van der Waals surface area contributed by atoms with E-state index in [2.05, 4.69) is 27.7 Å². The van der Waals surface area contributed by atoms with Crippen molar-refractivity contribution in [1.82, 2.24) is 0 Å². The number of hydrogen-bond donors (Lipinski definition) is 0. The molecule has 132 valence electrons. The van der Waals surface area contributed by atoms with Crippen molar-refractivity contribution in [2.24, 2.45) is 0 Å². The summed E-state index contributed by atoms with van der Waals surface area (Å²) in [5.74, 6) is 0. The van der Waals surface area contributed by atoms with Crippen molar-refractivity contribution in [2.45, 2.75) is 53.4 Å². The van der Waals surface area contributed by atoms with Gasteiger partial charge in [-0.05, 0) is 27.7 Å². The Morgan fingerprint density at radius 1 is 0.591 bits per heavy atom. The second kappa shape index (κ2) is 10.6. The monoisotopic (exact) mass is 316 g/mol. The number of likely N-dealkylation sites (tertiary alicyclic amines) is 2. The van der Waals surface area contributed by atoms with Gasteiger partial charge in [0.15, 0.2) is 13.5 Å². The Labute approximate surface area is 138 Å². The van der Waals surface area contributed by atoms with E-state index in [1.54, 1.807) is 0 Å². The maximum absolute atomic E-state index is 5.48. The molecule has 0 aromatic rings. The molecule has 0 aliphatic carbocycles. The van der Waals surface area contributed by atoms with E-state index in [-0.39, 0.29) is 0 Å². The average Bonchev–Trinajstić information content (AvgIpc) is 3.22. The molecular weight excluding hydrogens is 276 g/mol. The van der Waals surface area contributed by atoms with Gasteiger partial charge < -0.3 is 18.4 Å². The Morgan fingerprint density at radius 2 is 0.909 bits per heavy atom. The van der Waals surface area contributed by atoms with Crippen molar-refractivity contribution in [2.75, 3.05) is 65.9 Å². The Balaban J connectivity index is 0.000000220. The third-order valence-corrected chi connectivity index (χ3v) is 5.51. The highest BCUT2D eigenvalue weighted by atomic mass is 16.5. The first-order valence-electron chi connectivity index (χ1n) is 9.51. The lowest BCUT2D eigenvalue weighted by molar-refractivity contribution is -0.933. The van der Waals surface area contributed by atoms with Gasteiger partial charge in [-0.2, -0.15) is 0 Å². The van der Waals surface area contributed by atoms with E-state index in [0.717, 1.165) is 26.7 Å². The van der Waals surface area contributed by atoms with Gasteiger partial charge in [0.25, 0.3) is 0 Å². The molecule has 0 unspecified atom stereocenters. The summed E-state index contributed by atoms with van der Waals surface area (Å²) in [5.41, 5.74) is 0. The highest BCUT2D eigenvalue weighted by Gasteiger charge is 2.30. The molecule has 4 nitrogen and oxygen atoms in total. The zero-order valence-corrected chi connectivity index (χ0v) is 15.6. The molecule has 2 rings (SSSR count). The first kappa shape index (κ1) is 19.9. The van der Waals surface area contributed by atoms with Gasteiger partial charge >= 0.3 is 0 Å². The maximum atomic E-state index is 5.48. The lowest BCUT2D eigenvalue weighted by Gasteiger charge is -2.32. The quantitative estimate of drug-likeness (QED) is 0.640. The molecule has 0 aromatic heterocycles. The summed E-state index contributed by atoms with van der Waals surface area (Å²) in [6.45, 7) is 20.1. The summed E-state index contributed by atoms with van der Waals surface area (Å²) in [5, 5.41) is 0. The van der Waals surface area contributed by atoms with Gasteiger partial charge in [-0.15, -0.1) is 0 Å². The smallest absolute Gasteiger partial charge is 0.183 e. The first-order chi connectivity index (χ1) is 10.7. The lowest BCUT2D eigenvalue weighted by atomic mass is 10.4. The minimum absolute atomic E-state index is 0.861. The number of nitrogens with zero attached hydrogens (tertiary/aromatic N) is 2. The largest absolute Gasteiger partial charge is 0.332 e. The normalized spacial score (nSPS) is 22.4. The molecule has 0 N–H and O–H groups in total. The van der Waals surface area contributed by atoms with Crippen LogP contribution in [0.4, 0.5) is 0 Å².